The number of carbonyl (C=O) groups is 2. The lowest BCUT2D eigenvalue weighted by atomic mass is 10.1. The quantitative estimate of drug-likeness (QED) is 0.664. The first-order valence-electron chi connectivity index (χ1n) is 6.36. The molecule has 2 aliphatic heterocycles. The minimum absolute atomic E-state index is 0.00880. The Morgan fingerprint density at radius 1 is 1.33 bits per heavy atom. The van der Waals surface area contributed by atoms with Gasteiger partial charge in [-0.2, -0.15) is 0 Å². The molecule has 6 nitrogen and oxygen atoms in total. The van der Waals surface area contributed by atoms with E-state index < -0.39 is 5.60 Å². The van der Waals surface area contributed by atoms with E-state index in [1.165, 1.54) is 0 Å². The van der Waals surface area contributed by atoms with Crippen LogP contribution in [0.15, 0.2) is 0 Å². The van der Waals surface area contributed by atoms with Crippen LogP contribution in [0, 0.1) is 0 Å². The van der Waals surface area contributed by atoms with Crippen molar-refractivity contribution in [3.05, 3.63) is 0 Å². The van der Waals surface area contributed by atoms with E-state index in [1.54, 1.807) is 4.90 Å². The van der Waals surface area contributed by atoms with Crippen LogP contribution in [0.3, 0.4) is 0 Å². The lowest BCUT2D eigenvalue weighted by Gasteiger charge is -2.43. The Kier molecular flexibility index (Phi) is 3.47. The Morgan fingerprint density at radius 3 is 2.72 bits per heavy atom. The number of ether oxygens (including phenoxy) is 1. The lowest BCUT2D eigenvalue weighted by molar-refractivity contribution is -0.131. The van der Waals surface area contributed by atoms with Crippen LogP contribution in [0.1, 0.15) is 20.8 Å². The molecule has 2 rings (SSSR count). The highest BCUT2D eigenvalue weighted by molar-refractivity contribution is 5.83. The molecule has 0 saturated carbocycles. The van der Waals surface area contributed by atoms with Crippen molar-refractivity contribution in [1.29, 1.82) is 0 Å². The molecular formula is C12H21N3O3. The number of carbonyl (C=O) groups excluding carboxylic acids is 2. The molecule has 0 aromatic rings. The highest BCUT2D eigenvalue weighted by Gasteiger charge is 2.37. The third-order valence-electron chi connectivity index (χ3n) is 3.14. The molecule has 2 fully saturated rings. The van der Waals surface area contributed by atoms with Gasteiger partial charge in [-0.1, -0.05) is 0 Å². The summed E-state index contributed by atoms with van der Waals surface area (Å²) in [5, 5.41) is 2.83. The first kappa shape index (κ1) is 13.1. The molecule has 2 heterocycles. The standard InChI is InChI=1S/C12H21N3O3/c1-12(2,3)18-11(17)15-7-6-14-5-4-13-10(16)9(14)8-15/h9H,4-8H2,1-3H3,(H,13,16)/t9-/m0/s1. The molecule has 18 heavy (non-hydrogen) atoms. The summed E-state index contributed by atoms with van der Waals surface area (Å²) in [6.07, 6.45) is -0.333. The summed E-state index contributed by atoms with van der Waals surface area (Å²) in [5.41, 5.74) is -0.497. The monoisotopic (exact) mass is 255 g/mol. The van der Waals surface area contributed by atoms with Gasteiger partial charge in [0.2, 0.25) is 5.91 Å². The fourth-order valence-corrected chi connectivity index (χ4v) is 2.27. The predicted molar refractivity (Wildman–Crippen MR) is 66.2 cm³/mol. The van der Waals surface area contributed by atoms with Gasteiger partial charge in [-0.3, -0.25) is 9.69 Å². The third kappa shape index (κ3) is 2.93. The van der Waals surface area contributed by atoms with E-state index in [2.05, 4.69) is 10.2 Å². The van der Waals surface area contributed by atoms with E-state index in [9.17, 15) is 9.59 Å². The number of nitrogens with one attached hydrogen (secondary N) is 1. The molecule has 0 bridgehead atoms. The summed E-state index contributed by atoms with van der Waals surface area (Å²) in [7, 11) is 0. The van der Waals surface area contributed by atoms with Crippen molar-refractivity contribution in [1.82, 2.24) is 15.1 Å². The molecule has 6 heteroatoms. The van der Waals surface area contributed by atoms with Gasteiger partial charge in [0.05, 0.1) is 0 Å². The van der Waals surface area contributed by atoms with Crippen molar-refractivity contribution >= 4 is 12.0 Å². The Labute approximate surface area is 107 Å². The molecule has 1 atom stereocenters. The van der Waals surface area contributed by atoms with E-state index in [0.717, 1.165) is 13.1 Å². The van der Waals surface area contributed by atoms with Gasteiger partial charge in [0.25, 0.3) is 0 Å². The second kappa shape index (κ2) is 4.76. The van der Waals surface area contributed by atoms with Gasteiger partial charge in [-0.25, -0.2) is 4.79 Å². The van der Waals surface area contributed by atoms with Gasteiger partial charge in [-0.15, -0.1) is 0 Å². The van der Waals surface area contributed by atoms with Crippen LogP contribution in [-0.2, 0) is 9.53 Å². The zero-order valence-electron chi connectivity index (χ0n) is 11.2. The smallest absolute Gasteiger partial charge is 0.410 e. The van der Waals surface area contributed by atoms with Crippen LogP contribution >= 0.6 is 0 Å². The van der Waals surface area contributed by atoms with Crippen LogP contribution < -0.4 is 5.32 Å². The van der Waals surface area contributed by atoms with Crippen LogP contribution in [-0.4, -0.2) is 66.2 Å². The maximum absolute atomic E-state index is 11.9. The first-order chi connectivity index (χ1) is 8.37. The van der Waals surface area contributed by atoms with Crippen molar-refractivity contribution < 1.29 is 14.3 Å². The molecule has 0 spiro atoms. The molecule has 2 aliphatic rings. The molecule has 2 saturated heterocycles. The second-order valence-corrected chi connectivity index (χ2v) is 5.77. The maximum atomic E-state index is 11.9. The number of piperazine rings is 2. The van der Waals surface area contributed by atoms with Crippen molar-refractivity contribution in [2.24, 2.45) is 0 Å². The Bertz CT molecular complexity index is 351. The molecule has 0 radical (unpaired) electrons. The lowest BCUT2D eigenvalue weighted by Crippen LogP contribution is -2.64. The number of rotatable bonds is 0. The normalized spacial score (nSPS) is 25.4. The highest BCUT2D eigenvalue weighted by atomic mass is 16.6. The molecule has 0 aliphatic carbocycles. The van der Waals surface area contributed by atoms with Gasteiger partial charge in [0, 0.05) is 32.7 Å². The highest BCUT2D eigenvalue weighted by Crippen LogP contribution is 2.16. The largest absolute Gasteiger partial charge is 0.444 e. The second-order valence-electron chi connectivity index (χ2n) is 5.77. The number of hydrogen-bond acceptors (Lipinski definition) is 4. The number of fused-ring (bicyclic) bond motifs is 1. The van der Waals surface area contributed by atoms with Gasteiger partial charge in [0.1, 0.15) is 11.6 Å². The number of amides is 2. The summed E-state index contributed by atoms with van der Waals surface area (Å²) < 4.78 is 5.33. The van der Waals surface area contributed by atoms with E-state index in [4.69, 9.17) is 4.74 Å². The minimum atomic E-state index is -0.497. The van der Waals surface area contributed by atoms with Gasteiger partial charge in [-0.05, 0) is 20.8 Å². The molecule has 1 N–H and O–H groups in total. The molecule has 0 aromatic carbocycles. The molecular weight excluding hydrogens is 234 g/mol. The van der Waals surface area contributed by atoms with E-state index in [0.29, 0.717) is 19.6 Å². The predicted octanol–water partition coefficient (Wildman–Crippen LogP) is 0.0375. The molecule has 102 valence electrons. The average molecular weight is 255 g/mol. The van der Waals surface area contributed by atoms with E-state index in [1.807, 2.05) is 20.8 Å². The van der Waals surface area contributed by atoms with Crippen molar-refractivity contribution in [2.45, 2.75) is 32.4 Å². The summed E-state index contributed by atoms with van der Waals surface area (Å²) >= 11 is 0. The van der Waals surface area contributed by atoms with Crippen molar-refractivity contribution in [3.63, 3.8) is 0 Å². The van der Waals surface area contributed by atoms with Crippen LogP contribution in [0.2, 0.25) is 0 Å². The topological polar surface area (TPSA) is 61.9 Å². The number of hydrogen-bond donors (Lipinski definition) is 1. The van der Waals surface area contributed by atoms with Crippen LogP contribution in [0.4, 0.5) is 4.79 Å². The molecule has 0 aromatic heterocycles. The maximum Gasteiger partial charge on any atom is 0.410 e. The van der Waals surface area contributed by atoms with Crippen molar-refractivity contribution in [3.8, 4) is 0 Å². The SMILES string of the molecule is CC(C)(C)OC(=O)N1CCN2CCNC(=O)[C@@H]2C1. The van der Waals surface area contributed by atoms with Crippen LogP contribution in [0.5, 0.6) is 0 Å². The fourth-order valence-electron chi connectivity index (χ4n) is 2.27. The van der Waals surface area contributed by atoms with Gasteiger partial charge < -0.3 is 15.0 Å². The van der Waals surface area contributed by atoms with Gasteiger partial charge in [0.15, 0.2) is 0 Å². The minimum Gasteiger partial charge on any atom is -0.444 e. The molecule has 0 unspecified atom stereocenters. The molecule has 2 amide bonds. The summed E-state index contributed by atoms with van der Waals surface area (Å²) in [6.45, 7) is 8.86. The first-order valence-corrected chi connectivity index (χ1v) is 6.36. The average Bonchev–Trinajstić information content (AvgIpc) is 2.27. The third-order valence-corrected chi connectivity index (χ3v) is 3.14. The van der Waals surface area contributed by atoms with Crippen molar-refractivity contribution in [2.75, 3.05) is 32.7 Å². The zero-order valence-corrected chi connectivity index (χ0v) is 11.2. The Morgan fingerprint density at radius 2 is 2.06 bits per heavy atom. The summed E-state index contributed by atoms with van der Waals surface area (Å²) in [6, 6.07) is -0.222. The Hall–Kier alpha value is -1.30. The summed E-state index contributed by atoms with van der Waals surface area (Å²) in [5.74, 6) is 0.00880. The van der Waals surface area contributed by atoms with Crippen LogP contribution in [0.25, 0.3) is 0 Å². The van der Waals surface area contributed by atoms with Gasteiger partial charge >= 0.3 is 6.09 Å². The Balaban J connectivity index is 1.96. The number of nitrogens with zero attached hydrogens (tertiary/aromatic N) is 2. The van der Waals surface area contributed by atoms with E-state index in [-0.39, 0.29) is 18.0 Å². The fraction of sp³-hybridized carbons (Fsp3) is 0.833. The summed E-state index contributed by atoms with van der Waals surface area (Å²) in [4.78, 5) is 27.4. The zero-order chi connectivity index (χ0) is 13.3. The van der Waals surface area contributed by atoms with E-state index >= 15 is 0 Å².